The van der Waals surface area contributed by atoms with E-state index in [1.54, 1.807) is 0 Å². The minimum Gasteiger partial charge on any atom is -0.301 e. The topological polar surface area (TPSA) is 18.8 Å². The minimum atomic E-state index is 0.902. The Morgan fingerprint density at radius 2 is 1.92 bits per heavy atom. The summed E-state index contributed by atoms with van der Waals surface area (Å²) in [5, 5.41) is 5.76. The van der Waals surface area contributed by atoms with Crippen LogP contribution in [0.3, 0.4) is 0 Å². The highest BCUT2D eigenvalue weighted by molar-refractivity contribution is 5.23. The highest BCUT2D eigenvalue weighted by Crippen LogP contribution is 2.09. The predicted octanol–water partition coefficient (Wildman–Crippen LogP) is 1.78. The lowest BCUT2D eigenvalue weighted by Gasteiger charge is -2.18. The molecule has 0 atom stereocenters. The second-order valence-electron chi connectivity index (χ2n) is 2.92. The van der Waals surface area contributed by atoms with Gasteiger partial charge in [0.1, 0.15) is 0 Å². The zero-order valence-electron chi connectivity index (χ0n) is 9.08. The molecule has 0 bridgehead atoms. The van der Waals surface area contributed by atoms with Crippen molar-refractivity contribution in [3.8, 4) is 0 Å². The number of likely N-dealkylation sites (N-methyl/N-ethyl adjacent to an activating group) is 1. The van der Waals surface area contributed by atoms with Gasteiger partial charge >= 0.3 is 0 Å². The van der Waals surface area contributed by atoms with Crippen LogP contribution < -0.4 is 0 Å². The van der Waals surface area contributed by atoms with Gasteiger partial charge in [-0.3, -0.25) is 5.01 Å². The van der Waals surface area contributed by atoms with Gasteiger partial charge < -0.3 is 4.90 Å². The van der Waals surface area contributed by atoms with Gasteiger partial charge in [-0.15, -0.1) is 0 Å². The number of hydrogen-bond acceptors (Lipinski definition) is 3. The largest absolute Gasteiger partial charge is 0.301 e. The van der Waals surface area contributed by atoms with Gasteiger partial charge in [0.2, 0.25) is 0 Å². The molecule has 0 saturated carbocycles. The fourth-order valence-corrected chi connectivity index (χ4v) is 1.29. The molecular weight excluding hydrogens is 162 g/mol. The van der Waals surface area contributed by atoms with E-state index < -0.39 is 0 Å². The maximum atomic E-state index is 3.93. The number of nitrogens with zero attached hydrogens (tertiary/aromatic N) is 3. The first-order chi connectivity index (χ1) is 6.24. The third kappa shape index (κ3) is 4.08. The summed E-state index contributed by atoms with van der Waals surface area (Å²) in [5.74, 6) is 0. The maximum Gasteiger partial charge on any atom is 0.0436 e. The lowest BCUT2D eigenvalue weighted by Crippen LogP contribution is -2.22. The van der Waals surface area contributed by atoms with E-state index in [4.69, 9.17) is 0 Å². The van der Waals surface area contributed by atoms with E-state index in [0.29, 0.717) is 0 Å². The van der Waals surface area contributed by atoms with Crippen molar-refractivity contribution in [2.24, 2.45) is 5.10 Å². The van der Waals surface area contributed by atoms with Crippen LogP contribution in [0, 0.1) is 0 Å². The summed E-state index contributed by atoms with van der Waals surface area (Å²) in [7, 11) is 2.10. The van der Waals surface area contributed by atoms with Gasteiger partial charge in [-0.2, -0.15) is 5.10 Å². The Hall–Kier alpha value is -0.830. The zero-order valence-corrected chi connectivity index (χ0v) is 9.08. The van der Waals surface area contributed by atoms with Crippen LogP contribution in [0.2, 0.25) is 0 Å². The monoisotopic (exact) mass is 183 g/mol. The first kappa shape index (κ1) is 12.2. The molecule has 1 saturated heterocycles. The summed E-state index contributed by atoms with van der Waals surface area (Å²) in [5.41, 5.74) is 1.04. The molecule has 0 aromatic rings. The fraction of sp³-hybridized carbons (Fsp3) is 0.700. The van der Waals surface area contributed by atoms with Crippen molar-refractivity contribution in [1.82, 2.24) is 9.91 Å². The first-order valence-electron chi connectivity index (χ1n) is 4.84. The number of hydrogen-bond donors (Lipinski definition) is 0. The second kappa shape index (κ2) is 6.66. The molecule has 0 aromatic heterocycles. The average Bonchev–Trinajstić information content (AvgIpc) is 2.30. The molecule has 0 aromatic carbocycles. The van der Waals surface area contributed by atoms with Crippen LogP contribution in [0.15, 0.2) is 17.4 Å². The lowest BCUT2D eigenvalue weighted by molar-refractivity contribution is 0.360. The molecule has 0 spiro atoms. The van der Waals surface area contributed by atoms with Gasteiger partial charge in [0, 0.05) is 32.0 Å². The van der Waals surface area contributed by atoms with Crippen LogP contribution >= 0.6 is 0 Å². The number of hydrazone groups is 1. The molecule has 1 heterocycles. The summed E-state index contributed by atoms with van der Waals surface area (Å²) in [6.07, 6.45) is 1.13. The Balaban J connectivity index is 0.000000671. The normalized spacial score (nSPS) is 18.7. The van der Waals surface area contributed by atoms with E-state index in [1.807, 2.05) is 18.9 Å². The van der Waals surface area contributed by atoms with E-state index in [0.717, 1.165) is 31.8 Å². The van der Waals surface area contributed by atoms with Crippen molar-refractivity contribution in [3.63, 3.8) is 0 Å². The van der Waals surface area contributed by atoms with Gasteiger partial charge in [-0.25, -0.2) is 0 Å². The molecule has 1 aliphatic heterocycles. The molecule has 1 aliphatic rings. The zero-order chi connectivity index (χ0) is 10.3. The molecule has 3 heteroatoms. The van der Waals surface area contributed by atoms with Crippen molar-refractivity contribution in [3.05, 3.63) is 12.3 Å². The predicted molar refractivity (Wildman–Crippen MR) is 58.9 cm³/mol. The average molecular weight is 183 g/mol. The number of rotatable bonds is 1. The molecular formula is C10H21N3. The molecule has 13 heavy (non-hydrogen) atoms. The molecule has 0 N–H and O–H groups in total. The quantitative estimate of drug-likeness (QED) is 0.577. The van der Waals surface area contributed by atoms with Gasteiger partial charge in [0.05, 0.1) is 0 Å². The smallest absolute Gasteiger partial charge is 0.0436 e. The Morgan fingerprint density at radius 1 is 1.31 bits per heavy atom. The molecule has 3 nitrogen and oxygen atoms in total. The molecule has 1 fully saturated rings. The van der Waals surface area contributed by atoms with Crippen molar-refractivity contribution in [2.75, 3.05) is 26.7 Å². The summed E-state index contributed by atoms with van der Waals surface area (Å²) in [6.45, 7) is 14.4. The van der Waals surface area contributed by atoms with Crippen LogP contribution in [-0.4, -0.2) is 43.3 Å². The van der Waals surface area contributed by atoms with Crippen LogP contribution in [0.4, 0.5) is 0 Å². The van der Waals surface area contributed by atoms with Gasteiger partial charge in [-0.1, -0.05) is 20.4 Å². The second-order valence-corrected chi connectivity index (χ2v) is 2.92. The van der Waals surface area contributed by atoms with E-state index >= 15 is 0 Å². The van der Waals surface area contributed by atoms with E-state index in [-0.39, 0.29) is 0 Å². The summed E-state index contributed by atoms with van der Waals surface area (Å²) in [6, 6.07) is 0. The van der Waals surface area contributed by atoms with Crippen LogP contribution in [0.1, 0.15) is 20.3 Å². The molecule has 0 radical (unpaired) electrons. The van der Waals surface area contributed by atoms with Crippen molar-refractivity contribution in [2.45, 2.75) is 20.3 Å². The highest BCUT2D eigenvalue weighted by Gasteiger charge is 2.12. The molecule has 1 rings (SSSR count). The maximum absolute atomic E-state index is 3.93. The third-order valence-corrected chi connectivity index (χ3v) is 1.90. The molecule has 0 amide bonds. The minimum absolute atomic E-state index is 0.902. The summed E-state index contributed by atoms with van der Waals surface area (Å²) < 4.78 is 0. The van der Waals surface area contributed by atoms with E-state index in [9.17, 15) is 0 Å². The standard InChI is InChI=1S/C8H15N3.C2H6/c1-8-7-10(3)5-4-6-11(8)9-2;1-2/h1-2,4-7H2,3H3;1-2H3. The third-order valence-electron chi connectivity index (χ3n) is 1.90. The fourth-order valence-electron chi connectivity index (χ4n) is 1.29. The molecule has 76 valence electrons. The first-order valence-corrected chi connectivity index (χ1v) is 4.84. The van der Waals surface area contributed by atoms with Crippen LogP contribution in [0.25, 0.3) is 0 Å². The Kier molecular flexibility index (Phi) is 6.24. The Bertz CT molecular complexity index is 166. The van der Waals surface area contributed by atoms with Crippen molar-refractivity contribution >= 4 is 6.72 Å². The van der Waals surface area contributed by atoms with Crippen LogP contribution in [-0.2, 0) is 0 Å². The molecule has 0 unspecified atom stereocenters. The summed E-state index contributed by atoms with van der Waals surface area (Å²) >= 11 is 0. The van der Waals surface area contributed by atoms with Gasteiger partial charge in [-0.05, 0) is 13.5 Å². The Morgan fingerprint density at radius 3 is 2.46 bits per heavy atom. The van der Waals surface area contributed by atoms with Gasteiger partial charge in [0.25, 0.3) is 0 Å². The molecule has 0 aliphatic carbocycles. The lowest BCUT2D eigenvalue weighted by atomic mass is 10.4. The van der Waals surface area contributed by atoms with Crippen molar-refractivity contribution in [1.29, 1.82) is 0 Å². The van der Waals surface area contributed by atoms with E-state index in [2.05, 4.69) is 30.3 Å². The highest BCUT2D eigenvalue weighted by atomic mass is 15.5. The van der Waals surface area contributed by atoms with Gasteiger partial charge in [0.15, 0.2) is 0 Å². The van der Waals surface area contributed by atoms with Crippen LogP contribution in [0.5, 0.6) is 0 Å². The summed E-state index contributed by atoms with van der Waals surface area (Å²) in [4.78, 5) is 2.24. The van der Waals surface area contributed by atoms with E-state index in [1.165, 1.54) is 0 Å². The van der Waals surface area contributed by atoms with Crippen molar-refractivity contribution < 1.29 is 0 Å². The Labute approximate surface area is 81.7 Å². The SMILES string of the molecule is C=NN1CCCN(C)CC1=C.CC.